The predicted octanol–water partition coefficient (Wildman–Crippen LogP) is 3.85. The zero-order valence-electron chi connectivity index (χ0n) is 11.1. The minimum absolute atomic E-state index is 0. The zero-order chi connectivity index (χ0) is 13.0. The standard InChI is InChI=1S/C14H18ClFN2.2ClH/c1-2-3-14(18-8-6-17-7-9-18)12-10-11(15)4-5-13(12)16;;/h2,4-5,10,14,17H,1,3,6-9H2;2*1H/t14-;;/m1../s1. The van der Waals surface area contributed by atoms with Crippen molar-refractivity contribution in [1.82, 2.24) is 10.2 Å². The summed E-state index contributed by atoms with van der Waals surface area (Å²) in [5.41, 5.74) is 0.671. The Morgan fingerprint density at radius 1 is 1.35 bits per heavy atom. The SMILES string of the molecule is C=CC[C@H](c1cc(Cl)ccc1F)N1CCNCC1.Cl.Cl. The monoisotopic (exact) mass is 340 g/mol. The summed E-state index contributed by atoms with van der Waals surface area (Å²) in [7, 11) is 0. The van der Waals surface area contributed by atoms with Gasteiger partial charge in [-0.3, -0.25) is 4.90 Å². The lowest BCUT2D eigenvalue weighted by molar-refractivity contribution is 0.171. The van der Waals surface area contributed by atoms with Crippen molar-refractivity contribution < 1.29 is 4.39 Å². The van der Waals surface area contributed by atoms with E-state index in [1.54, 1.807) is 12.1 Å². The molecule has 0 unspecified atom stereocenters. The Balaban J connectivity index is 0.00000180. The first-order valence-corrected chi connectivity index (χ1v) is 6.61. The van der Waals surface area contributed by atoms with E-state index in [0.29, 0.717) is 10.6 Å². The van der Waals surface area contributed by atoms with Crippen molar-refractivity contribution in [2.24, 2.45) is 0 Å². The van der Waals surface area contributed by atoms with E-state index in [-0.39, 0.29) is 36.7 Å². The van der Waals surface area contributed by atoms with Gasteiger partial charge in [0.05, 0.1) is 0 Å². The molecule has 1 heterocycles. The number of hydrogen-bond donors (Lipinski definition) is 1. The highest BCUT2D eigenvalue weighted by atomic mass is 35.5. The first-order valence-electron chi connectivity index (χ1n) is 6.23. The van der Waals surface area contributed by atoms with Crippen LogP contribution in [0.4, 0.5) is 4.39 Å². The van der Waals surface area contributed by atoms with Crippen LogP contribution in [0.5, 0.6) is 0 Å². The maximum atomic E-state index is 14.0. The van der Waals surface area contributed by atoms with E-state index in [1.807, 2.05) is 6.08 Å². The lowest BCUT2D eigenvalue weighted by Gasteiger charge is -2.35. The van der Waals surface area contributed by atoms with Crippen LogP contribution in [-0.4, -0.2) is 31.1 Å². The molecule has 0 spiro atoms. The third-order valence-electron chi connectivity index (χ3n) is 3.30. The van der Waals surface area contributed by atoms with Gasteiger partial charge in [0.25, 0.3) is 0 Å². The fourth-order valence-electron chi connectivity index (χ4n) is 2.39. The molecule has 2 nitrogen and oxygen atoms in total. The number of benzene rings is 1. The minimum Gasteiger partial charge on any atom is -0.314 e. The summed E-state index contributed by atoms with van der Waals surface area (Å²) in [5.74, 6) is -0.190. The number of piperazine rings is 1. The van der Waals surface area contributed by atoms with Crippen molar-refractivity contribution in [2.75, 3.05) is 26.2 Å². The summed E-state index contributed by atoms with van der Waals surface area (Å²) >= 11 is 5.98. The zero-order valence-corrected chi connectivity index (χ0v) is 13.5. The van der Waals surface area contributed by atoms with Gasteiger partial charge in [0, 0.05) is 42.8 Å². The second-order valence-electron chi connectivity index (χ2n) is 4.49. The Bertz CT molecular complexity index is 423. The first-order chi connectivity index (χ1) is 8.72. The third-order valence-corrected chi connectivity index (χ3v) is 3.53. The van der Waals surface area contributed by atoms with E-state index in [0.717, 1.165) is 32.6 Å². The fraction of sp³-hybridized carbons (Fsp3) is 0.429. The van der Waals surface area contributed by atoms with Gasteiger partial charge in [-0.15, -0.1) is 31.4 Å². The molecule has 20 heavy (non-hydrogen) atoms. The Kier molecular flexibility index (Phi) is 9.43. The molecule has 0 amide bonds. The van der Waals surface area contributed by atoms with E-state index >= 15 is 0 Å². The van der Waals surface area contributed by atoms with Crippen molar-refractivity contribution in [3.63, 3.8) is 0 Å². The van der Waals surface area contributed by atoms with Gasteiger partial charge in [-0.1, -0.05) is 17.7 Å². The summed E-state index contributed by atoms with van der Waals surface area (Å²) in [6.45, 7) is 7.50. The molecule has 0 saturated carbocycles. The molecule has 1 aromatic rings. The number of hydrogen-bond acceptors (Lipinski definition) is 2. The Morgan fingerprint density at radius 3 is 2.60 bits per heavy atom. The van der Waals surface area contributed by atoms with Gasteiger partial charge in [-0.05, 0) is 24.6 Å². The molecule has 0 aliphatic carbocycles. The van der Waals surface area contributed by atoms with Gasteiger partial charge in [0.2, 0.25) is 0 Å². The second kappa shape index (κ2) is 9.59. The Hall–Kier alpha value is -0.320. The maximum absolute atomic E-state index is 14.0. The van der Waals surface area contributed by atoms with Gasteiger partial charge in [0.15, 0.2) is 0 Å². The van der Waals surface area contributed by atoms with Crippen LogP contribution in [0.25, 0.3) is 0 Å². The lowest BCUT2D eigenvalue weighted by atomic mass is 10.0. The van der Waals surface area contributed by atoms with Crippen LogP contribution < -0.4 is 5.32 Å². The van der Waals surface area contributed by atoms with Crippen LogP contribution in [0.3, 0.4) is 0 Å². The molecule has 114 valence electrons. The minimum atomic E-state index is -0.190. The van der Waals surface area contributed by atoms with E-state index in [9.17, 15) is 4.39 Å². The highest BCUT2D eigenvalue weighted by molar-refractivity contribution is 6.30. The van der Waals surface area contributed by atoms with Gasteiger partial charge >= 0.3 is 0 Å². The van der Waals surface area contributed by atoms with Gasteiger partial charge < -0.3 is 5.32 Å². The predicted molar refractivity (Wildman–Crippen MR) is 87.9 cm³/mol. The highest BCUT2D eigenvalue weighted by Crippen LogP contribution is 2.29. The third kappa shape index (κ3) is 4.90. The summed E-state index contributed by atoms with van der Waals surface area (Å²) in [4.78, 5) is 2.28. The van der Waals surface area contributed by atoms with Crippen molar-refractivity contribution >= 4 is 36.4 Å². The van der Waals surface area contributed by atoms with Gasteiger partial charge in [0.1, 0.15) is 5.82 Å². The largest absolute Gasteiger partial charge is 0.314 e. The van der Waals surface area contributed by atoms with Crippen molar-refractivity contribution in [3.8, 4) is 0 Å². The molecule has 1 aliphatic heterocycles. The molecule has 6 heteroatoms. The number of nitrogens with one attached hydrogen (secondary N) is 1. The fourth-order valence-corrected chi connectivity index (χ4v) is 2.57. The maximum Gasteiger partial charge on any atom is 0.128 e. The smallest absolute Gasteiger partial charge is 0.128 e. The molecule has 0 radical (unpaired) electrons. The van der Waals surface area contributed by atoms with E-state index in [1.165, 1.54) is 6.07 Å². The summed E-state index contributed by atoms with van der Waals surface area (Å²) in [6.07, 6.45) is 2.57. The van der Waals surface area contributed by atoms with Crippen LogP contribution in [0, 0.1) is 5.82 Å². The van der Waals surface area contributed by atoms with Crippen molar-refractivity contribution in [2.45, 2.75) is 12.5 Å². The molecule has 0 aromatic heterocycles. The number of nitrogens with zero attached hydrogens (tertiary/aromatic N) is 1. The Labute approximate surface area is 137 Å². The molecule has 1 atom stereocenters. The first kappa shape index (κ1) is 19.7. The topological polar surface area (TPSA) is 15.3 Å². The highest BCUT2D eigenvalue weighted by Gasteiger charge is 2.23. The Morgan fingerprint density at radius 2 is 2.00 bits per heavy atom. The van der Waals surface area contributed by atoms with Crippen molar-refractivity contribution in [3.05, 3.63) is 47.3 Å². The van der Waals surface area contributed by atoms with Gasteiger partial charge in [-0.25, -0.2) is 4.39 Å². The molecule has 0 bridgehead atoms. The number of rotatable bonds is 4. The van der Waals surface area contributed by atoms with Crippen LogP contribution in [0.2, 0.25) is 5.02 Å². The van der Waals surface area contributed by atoms with Crippen LogP contribution >= 0.6 is 36.4 Å². The van der Waals surface area contributed by atoms with Crippen LogP contribution in [-0.2, 0) is 0 Å². The van der Waals surface area contributed by atoms with Crippen molar-refractivity contribution in [1.29, 1.82) is 0 Å². The molecule has 2 rings (SSSR count). The van der Waals surface area contributed by atoms with Crippen LogP contribution in [0.1, 0.15) is 18.0 Å². The quantitative estimate of drug-likeness (QED) is 0.837. The van der Waals surface area contributed by atoms with E-state index in [4.69, 9.17) is 11.6 Å². The van der Waals surface area contributed by atoms with Crippen LogP contribution in [0.15, 0.2) is 30.9 Å². The molecule has 1 fully saturated rings. The molecular weight excluding hydrogens is 322 g/mol. The molecule has 1 aliphatic rings. The lowest BCUT2D eigenvalue weighted by Crippen LogP contribution is -2.45. The van der Waals surface area contributed by atoms with E-state index in [2.05, 4.69) is 16.8 Å². The van der Waals surface area contributed by atoms with E-state index < -0.39 is 0 Å². The summed E-state index contributed by atoms with van der Waals surface area (Å²) < 4.78 is 14.0. The average Bonchev–Trinajstić information content (AvgIpc) is 2.40. The number of halogens is 4. The second-order valence-corrected chi connectivity index (χ2v) is 4.93. The molecule has 1 saturated heterocycles. The summed E-state index contributed by atoms with van der Waals surface area (Å²) in [5, 5.41) is 3.88. The van der Waals surface area contributed by atoms with Gasteiger partial charge in [-0.2, -0.15) is 0 Å². The molecule has 1 N–H and O–H groups in total. The molecule has 1 aromatic carbocycles. The normalized spacial score (nSPS) is 16.7. The average molecular weight is 342 g/mol. The summed E-state index contributed by atoms with van der Waals surface area (Å²) in [6, 6.07) is 4.79. The molecular formula is C14H20Cl3FN2.